The summed E-state index contributed by atoms with van der Waals surface area (Å²) in [5.74, 6) is -0.798. The van der Waals surface area contributed by atoms with E-state index in [9.17, 15) is 9.18 Å². The average molecular weight is 290 g/mol. The minimum Gasteiger partial charge on any atom is -0.384 e. The van der Waals surface area contributed by atoms with Crippen LogP contribution in [0.1, 0.15) is 12.5 Å². The Hall–Kier alpha value is -0.940. The van der Waals surface area contributed by atoms with E-state index < -0.39 is 12.0 Å². The Morgan fingerprint density at radius 2 is 2.25 bits per heavy atom. The van der Waals surface area contributed by atoms with Crippen molar-refractivity contribution in [3.05, 3.63) is 34.1 Å². The molecule has 0 heterocycles. The SMILES string of the molecule is CC(O)C(=O)N(C)Cc1cc(Br)ccc1F. The van der Waals surface area contributed by atoms with Gasteiger partial charge in [0.1, 0.15) is 11.9 Å². The van der Waals surface area contributed by atoms with Crippen molar-refractivity contribution >= 4 is 21.8 Å². The van der Waals surface area contributed by atoms with Gasteiger partial charge in [-0.2, -0.15) is 0 Å². The second kappa shape index (κ2) is 5.41. The second-order valence-corrected chi connectivity index (χ2v) is 4.52. The maximum absolute atomic E-state index is 13.4. The number of halogens is 2. The van der Waals surface area contributed by atoms with Gasteiger partial charge in [0.15, 0.2) is 0 Å². The van der Waals surface area contributed by atoms with E-state index in [4.69, 9.17) is 5.11 Å². The van der Waals surface area contributed by atoms with Crippen LogP contribution in [0.5, 0.6) is 0 Å². The number of aliphatic hydroxyl groups is 1. The monoisotopic (exact) mass is 289 g/mol. The number of hydrogen-bond acceptors (Lipinski definition) is 2. The molecular formula is C11H13BrFNO2. The standard InChI is InChI=1S/C11H13BrFNO2/c1-7(15)11(16)14(2)6-8-5-9(12)3-4-10(8)13/h3-5,7,15H,6H2,1-2H3. The topological polar surface area (TPSA) is 40.5 Å². The van der Waals surface area contributed by atoms with Crippen molar-refractivity contribution in [2.75, 3.05) is 7.05 Å². The predicted molar refractivity (Wildman–Crippen MR) is 62.3 cm³/mol. The van der Waals surface area contributed by atoms with Gasteiger partial charge in [0.05, 0.1) is 0 Å². The highest BCUT2D eigenvalue weighted by molar-refractivity contribution is 9.10. The van der Waals surface area contributed by atoms with Crippen LogP contribution in [-0.2, 0) is 11.3 Å². The number of nitrogens with zero attached hydrogens (tertiary/aromatic N) is 1. The molecule has 0 radical (unpaired) electrons. The zero-order valence-corrected chi connectivity index (χ0v) is 10.7. The van der Waals surface area contributed by atoms with Gasteiger partial charge in [-0.15, -0.1) is 0 Å². The van der Waals surface area contributed by atoms with Gasteiger partial charge in [0.25, 0.3) is 5.91 Å². The molecule has 0 aliphatic carbocycles. The fourth-order valence-corrected chi connectivity index (χ4v) is 1.73. The first-order chi connectivity index (χ1) is 7.41. The van der Waals surface area contributed by atoms with Gasteiger partial charge < -0.3 is 10.0 Å². The number of aliphatic hydroxyl groups excluding tert-OH is 1. The third-order valence-electron chi connectivity index (χ3n) is 2.15. The van der Waals surface area contributed by atoms with Crippen molar-refractivity contribution < 1.29 is 14.3 Å². The van der Waals surface area contributed by atoms with Crippen molar-refractivity contribution in [3.63, 3.8) is 0 Å². The number of carbonyl (C=O) groups excluding carboxylic acids is 1. The molecule has 0 aliphatic heterocycles. The van der Waals surface area contributed by atoms with E-state index >= 15 is 0 Å². The lowest BCUT2D eigenvalue weighted by molar-refractivity contribution is -0.138. The summed E-state index contributed by atoms with van der Waals surface area (Å²) in [7, 11) is 1.52. The van der Waals surface area contributed by atoms with Crippen molar-refractivity contribution in [2.24, 2.45) is 0 Å². The summed E-state index contributed by atoms with van der Waals surface area (Å²) in [5.41, 5.74) is 0.408. The molecule has 0 bridgehead atoms. The molecule has 1 unspecified atom stereocenters. The minimum atomic E-state index is -1.07. The van der Waals surface area contributed by atoms with Crippen molar-refractivity contribution in [1.29, 1.82) is 0 Å². The molecular weight excluding hydrogens is 277 g/mol. The van der Waals surface area contributed by atoms with Crippen molar-refractivity contribution in [1.82, 2.24) is 4.90 Å². The van der Waals surface area contributed by atoms with Crippen LogP contribution in [0.15, 0.2) is 22.7 Å². The van der Waals surface area contributed by atoms with Gasteiger partial charge in [-0.1, -0.05) is 15.9 Å². The number of rotatable bonds is 3. The van der Waals surface area contributed by atoms with E-state index in [1.54, 1.807) is 12.1 Å². The third kappa shape index (κ3) is 3.28. The summed E-state index contributed by atoms with van der Waals surface area (Å²) in [6.07, 6.45) is -1.07. The quantitative estimate of drug-likeness (QED) is 0.924. The molecule has 1 atom stereocenters. The number of amides is 1. The molecule has 3 nitrogen and oxygen atoms in total. The molecule has 5 heteroatoms. The van der Waals surface area contributed by atoms with Crippen LogP contribution >= 0.6 is 15.9 Å². The molecule has 1 aromatic carbocycles. The molecule has 0 spiro atoms. The van der Waals surface area contributed by atoms with E-state index in [2.05, 4.69) is 15.9 Å². The summed E-state index contributed by atoms with van der Waals surface area (Å²) < 4.78 is 14.1. The predicted octanol–water partition coefficient (Wildman–Crippen LogP) is 1.93. The van der Waals surface area contributed by atoms with Gasteiger partial charge in [0, 0.05) is 23.6 Å². The highest BCUT2D eigenvalue weighted by Gasteiger charge is 2.16. The normalized spacial score (nSPS) is 12.3. The molecule has 0 saturated carbocycles. The van der Waals surface area contributed by atoms with E-state index in [1.807, 2.05) is 0 Å². The number of likely N-dealkylation sites (N-methyl/N-ethyl adjacent to an activating group) is 1. The largest absolute Gasteiger partial charge is 0.384 e. The molecule has 16 heavy (non-hydrogen) atoms. The van der Waals surface area contributed by atoms with Crippen molar-refractivity contribution in [3.8, 4) is 0 Å². The van der Waals surface area contributed by atoms with Gasteiger partial charge in [0.2, 0.25) is 0 Å². The van der Waals surface area contributed by atoms with Crippen LogP contribution in [0.2, 0.25) is 0 Å². The molecule has 0 aromatic heterocycles. The van der Waals surface area contributed by atoms with Crippen LogP contribution in [0.25, 0.3) is 0 Å². The fourth-order valence-electron chi connectivity index (χ4n) is 1.32. The first-order valence-electron chi connectivity index (χ1n) is 4.78. The van der Waals surface area contributed by atoms with Crippen molar-refractivity contribution in [2.45, 2.75) is 19.6 Å². The second-order valence-electron chi connectivity index (χ2n) is 3.61. The first-order valence-corrected chi connectivity index (χ1v) is 5.58. The van der Waals surface area contributed by atoms with E-state index in [-0.39, 0.29) is 12.4 Å². The molecule has 0 saturated heterocycles. The van der Waals surface area contributed by atoms with E-state index in [1.165, 1.54) is 24.9 Å². The maximum Gasteiger partial charge on any atom is 0.251 e. The third-order valence-corrected chi connectivity index (χ3v) is 2.64. The lowest BCUT2D eigenvalue weighted by atomic mass is 10.2. The highest BCUT2D eigenvalue weighted by Crippen LogP contribution is 2.17. The van der Waals surface area contributed by atoms with E-state index in [0.717, 1.165) is 4.47 Å². The number of hydrogen-bond donors (Lipinski definition) is 1. The summed E-state index contributed by atoms with van der Waals surface area (Å²) >= 11 is 3.23. The maximum atomic E-state index is 13.4. The van der Waals surface area contributed by atoms with E-state index in [0.29, 0.717) is 5.56 Å². The Labute approximate surface area is 102 Å². The lowest BCUT2D eigenvalue weighted by Gasteiger charge is -2.19. The highest BCUT2D eigenvalue weighted by atomic mass is 79.9. The zero-order valence-electron chi connectivity index (χ0n) is 9.08. The summed E-state index contributed by atoms with van der Waals surface area (Å²) in [6, 6.07) is 4.54. The molecule has 1 amide bonds. The Morgan fingerprint density at radius 3 is 2.81 bits per heavy atom. The van der Waals surface area contributed by atoms with Gasteiger partial charge in [-0.25, -0.2) is 4.39 Å². The fraction of sp³-hybridized carbons (Fsp3) is 0.364. The van der Waals surface area contributed by atoms with Crippen LogP contribution < -0.4 is 0 Å². The molecule has 88 valence electrons. The molecule has 1 aromatic rings. The summed E-state index contributed by atoms with van der Waals surface area (Å²) in [6.45, 7) is 1.52. The van der Waals surface area contributed by atoms with Crippen LogP contribution in [-0.4, -0.2) is 29.1 Å². The zero-order chi connectivity index (χ0) is 12.3. The van der Waals surface area contributed by atoms with Crippen LogP contribution in [0.3, 0.4) is 0 Å². The Balaban J connectivity index is 2.80. The lowest BCUT2D eigenvalue weighted by Crippen LogP contribution is -2.34. The first kappa shape index (κ1) is 13.1. The Kier molecular flexibility index (Phi) is 4.44. The number of benzene rings is 1. The molecule has 1 rings (SSSR count). The number of carbonyl (C=O) groups is 1. The van der Waals surface area contributed by atoms with Gasteiger partial charge >= 0.3 is 0 Å². The van der Waals surface area contributed by atoms with Gasteiger partial charge in [-0.05, 0) is 25.1 Å². The molecule has 1 N–H and O–H groups in total. The van der Waals surface area contributed by atoms with Crippen LogP contribution in [0.4, 0.5) is 4.39 Å². The minimum absolute atomic E-state index is 0.134. The smallest absolute Gasteiger partial charge is 0.251 e. The molecule has 0 fully saturated rings. The summed E-state index contributed by atoms with van der Waals surface area (Å²) in [4.78, 5) is 12.7. The van der Waals surface area contributed by atoms with Gasteiger partial charge in [-0.3, -0.25) is 4.79 Å². The average Bonchev–Trinajstić information content (AvgIpc) is 2.22. The summed E-state index contributed by atoms with van der Waals surface area (Å²) in [5, 5.41) is 9.10. The Bertz CT molecular complexity index is 396. The molecule has 0 aliphatic rings. The Morgan fingerprint density at radius 1 is 1.62 bits per heavy atom. The van der Waals surface area contributed by atoms with Crippen LogP contribution in [0, 0.1) is 5.82 Å².